The summed E-state index contributed by atoms with van der Waals surface area (Å²) in [5.41, 5.74) is 3.40. The van der Waals surface area contributed by atoms with Crippen molar-refractivity contribution in [2.75, 3.05) is 18.0 Å². The maximum absolute atomic E-state index is 13.8. The van der Waals surface area contributed by atoms with E-state index in [2.05, 4.69) is 12.2 Å². The van der Waals surface area contributed by atoms with Gasteiger partial charge in [-0.3, -0.25) is 19.3 Å². The summed E-state index contributed by atoms with van der Waals surface area (Å²) in [6.45, 7) is 6.77. The molecule has 3 amide bonds. The summed E-state index contributed by atoms with van der Waals surface area (Å²) in [6.07, 6.45) is 2.35. The van der Waals surface area contributed by atoms with Gasteiger partial charge in [0.05, 0.1) is 5.69 Å². The van der Waals surface area contributed by atoms with Gasteiger partial charge >= 0.3 is 0 Å². The highest BCUT2D eigenvalue weighted by molar-refractivity contribution is 6.26. The van der Waals surface area contributed by atoms with Gasteiger partial charge in [-0.25, -0.2) is 0 Å². The smallest absolute Gasteiger partial charge is 0.259 e. The average Bonchev–Trinajstić information content (AvgIpc) is 3.13. The molecular formula is C29H33N3O3. The van der Waals surface area contributed by atoms with E-state index in [0.717, 1.165) is 40.4 Å². The van der Waals surface area contributed by atoms with Gasteiger partial charge in [0.15, 0.2) is 0 Å². The average molecular weight is 472 g/mol. The number of amides is 3. The Morgan fingerprint density at radius 1 is 1.00 bits per heavy atom. The second kappa shape index (κ2) is 10.7. The number of nitrogens with zero attached hydrogens (tertiary/aromatic N) is 2. The predicted molar refractivity (Wildman–Crippen MR) is 139 cm³/mol. The fourth-order valence-electron chi connectivity index (χ4n) is 4.76. The van der Waals surface area contributed by atoms with Crippen LogP contribution in [0.3, 0.4) is 0 Å². The number of nitrogens with one attached hydrogen (secondary N) is 1. The molecule has 3 aromatic carbocycles. The molecule has 3 aromatic rings. The largest absolute Gasteiger partial charge is 0.354 e. The Balaban J connectivity index is 1.63. The molecule has 6 heteroatoms. The summed E-state index contributed by atoms with van der Waals surface area (Å²) in [4.78, 5) is 43.4. The molecule has 0 saturated heterocycles. The van der Waals surface area contributed by atoms with Gasteiger partial charge in [-0.1, -0.05) is 68.8 Å². The first-order valence-electron chi connectivity index (χ1n) is 12.4. The Labute approximate surface area is 206 Å². The quantitative estimate of drug-likeness (QED) is 0.431. The molecule has 1 N–H and O–H groups in total. The number of benzene rings is 3. The van der Waals surface area contributed by atoms with Crippen LogP contribution >= 0.6 is 0 Å². The van der Waals surface area contributed by atoms with Crippen LogP contribution in [0, 0.1) is 6.92 Å². The fourth-order valence-corrected chi connectivity index (χ4v) is 4.76. The van der Waals surface area contributed by atoms with Gasteiger partial charge in [0, 0.05) is 24.0 Å². The molecule has 1 unspecified atom stereocenters. The van der Waals surface area contributed by atoms with Crippen molar-refractivity contribution in [1.82, 2.24) is 10.2 Å². The zero-order chi connectivity index (χ0) is 24.9. The van der Waals surface area contributed by atoms with Crippen LogP contribution in [0.2, 0.25) is 0 Å². The number of unbranched alkanes of at least 4 members (excludes halogenated alkanes) is 1. The minimum atomic E-state index is -0.616. The first kappa shape index (κ1) is 24.5. The highest BCUT2D eigenvalue weighted by Gasteiger charge is 2.35. The topological polar surface area (TPSA) is 69.7 Å². The van der Waals surface area contributed by atoms with Crippen molar-refractivity contribution in [3.8, 4) is 0 Å². The van der Waals surface area contributed by atoms with E-state index >= 15 is 0 Å². The monoisotopic (exact) mass is 471 g/mol. The second-order valence-electron chi connectivity index (χ2n) is 9.09. The highest BCUT2D eigenvalue weighted by atomic mass is 16.2. The van der Waals surface area contributed by atoms with Crippen molar-refractivity contribution in [2.45, 2.75) is 52.6 Å². The number of hydrogen-bond donors (Lipinski definition) is 1. The maximum Gasteiger partial charge on any atom is 0.259 e. The van der Waals surface area contributed by atoms with Crippen LogP contribution in [0.25, 0.3) is 10.8 Å². The third kappa shape index (κ3) is 4.92. The summed E-state index contributed by atoms with van der Waals surface area (Å²) in [5, 5.41) is 4.84. The lowest BCUT2D eigenvalue weighted by atomic mass is 10.1. The molecule has 0 aliphatic carbocycles. The Kier molecular flexibility index (Phi) is 7.49. The van der Waals surface area contributed by atoms with E-state index in [4.69, 9.17) is 0 Å². The van der Waals surface area contributed by atoms with Crippen LogP contribution in [-0.2, 0) is 16.1 Å². The molecule has 0 saturated carbocycles. The van der Waals surface area contributed by atoms with Crippen molar-refractivity contribution in [1.29, 1.82) is 0 Å². The van der Waals surface area contributed by atoms with Crippen LogP contribution in [0.1, 0.15) is 54.6 Å². The first-order valence-corrected chi connectivity index (χ1v) is 12.4. The molecule has 1 aliphatic heterocycles. The van der Waals surface area contributed by atoms with Crippen molar-refractivity contribution in [3.05, 3.63) is 77.4 Å². The van der Waals surface area contributed by atoms with Gasteiger partial charge in [-0.15, -0.1) is 0 Å². The highest BCUT2D eigenvalue weighted by Crippen LogP contribution is 2.37. The molecule has 1 heterocycles. The number of rotatable bonds is 10. The van der Waals surface area contributed by atoms with Crippen molar-refractivity contribution in [2.24, 2.45) is 0 Å². The molecular weight excluding hydrogens is 438 g/mol. The summed E-state index contributed by atoms with van der Waals surface area (Å²) in [7, 11) is 0. The van der Waals surface area contributed by atoms with Crippen LogP contribution < -0.4 is 10.2 Å². The normalized spacial score (nSPS) is 13.2. The molecule has 0 radical (unpaired) electrons. The summed E-state index contributed by atoms with van der Waals surface area (Å²) < 4.78 is 0. The van der Waals surface area contributed by atoms with Gasteiger partial charge in [0.25, 0.3) is 5.91 Å². The molecule has 182 valence electrons. The van der Waals surface area contributed by atoms with Gasteiger partial charge in [-0.05, 0) is 48.4 Å². The number of carbonyl (C=O) groups is 3. The Hall–Kier alpha value is -3.67. The predicted octanol–water partition coefficient (Wildman–Crippen LogP) is 4.83. The van der Waals surface area contributed by atoms with E-state index in [0.29, 0.717) is 25.1 Å². The van der Waals surface area contributed by atoms with Gasteiger partial charge in [0.1, 0.15) is 12.6 Å². The maximum atomic E-state index is 13.8. The van der Waals surface area contributed by atoms with Gasteiger partial charge in [0.2, 0.25) is 11.8 Å². The minimum absolute atomic E-state index is 0.114. The van der Waals surface area contributed by atoms with Crippen molar-refractivity contribution >= 4 is 34.2 Å². The molecule has 0 spiro atoms. The van der Waals surface area contributed by atoms with Crippen LogP contribution in [0.15, 0.2) is 60.7 Å². The molecule has 0 bridgehead atoms. The standard InChI is InChI=1S/C29H33N3O3/c1-4-6-17-30-28(34)24(5-2)31(18-22-12-8-7-11-20(22)3)26(33)19-32-25-16-10-14-21-13-9-15-23(27(21)25)29(32)35/h7-16,24H,4-6,17-19H2,1-3H3,(H,30,34). The van der Waals surface area contributed by atoms with Crippen molar-refractivity contribution in [3.63, 3.8) is 0 Å². The number of anilines is 1. The van der Waals surface area contributed by atoms with Crippen LogP contribution in [0.4, 0.5) is 5.69 Å². The van der Waals surface area contributed by atoms with Crippen molar-refractivity contribution < 1.29 is 14.4 Å². The van der Waals surface area contributed by atoms with E-state index in [9.17, 15) is 14.4 Å². The van der Waals surface area contributed by atoms with E-state index in [1.807, 2.05) is 68.4 Å². The first-order chi connectivity index (χ1) is 17.0. The summed E-state index contributed by atoms with van der Waals surface area (Å²) >= 11 is 0. The minimum Gasteiger partial charge on any atom is -0.354 e. The third-order valence-corrected chi connectivity index (χ3v) is 6.76. The lowest BCUT2D eigenvalue weighted by Gasteiger charge is -2.32. The van der Waals surface area contributed by atoms with E-state index in [1.165, 1.54) is 0 Å². The van der Waals surface area contributed by atoms with Crippen LogP contribution in [0.5, 0.6) is 0 Å². The lowest BCUT2D eigenvalue weighted by molar-refractivity contribution is -0.140. The number of carbonyl (C=O) groups excluding carboxylic acids is 3. The van der Waals surface area contributed by atoms with E-state index in [-0.39, 0.29) is 24.3 Å². The Bertz CT molecular complexity index is 1250. The van der Waals surface area contributed by atoms with E-state index < -0.39 is 6.04 Å². The molecule has 6 nitrogen and oxygen atoms in total. The molecule has 35 heavy (non-hydrogen) atoms. The summed E-state index contributed by atoms with van der Waals surface area (Å²) in [6, 6.07) is 18.7. The zero-order valence-electron chi connectivity index (χ0n) is 20.7. The SMILES string of the molecule is CCCCNC(=O)C(CC)N(Cc1ccccc1C)C(=O)CN1C(=O)c2cccc3cccc1c23. The molecule has 1 aliphatic rings. The van der Waals surface area contributed by atoms with Crippen LogP contribution in [-0.4, -0.2) is 41.8 Å². The van der Waals surface area contributed by atoms with Gasteiger partial charge < -0.3 is 10.2 Å². The zero-order valence-corrected chi connectivity index (χ0v) is 20.7. The van der Waals surface area contributed by atoms with E-state index in [1.54, 1.807) is 15.9 Å². The number of hydrogen-bond acceptors (Lipinski definition) is 3. The Morgan fingerprint density at radius 3 is 2.46 bits per heavy atom. The molecule has 1 atom stereocenters. The second-order valence-corrected chi connectivity index (χ2v) is 9.09. The third-order valence-electron chi connectivity index (χ3n) is 6.76. The van der Waals surface area contributed by atoms with Gasteiger partial charge in [-0.2, -0.15) is 0 Å². The Morgan fingerprint density at radius 2 is 1.74 bits per heavy atom. The molecule has 4 rings (SSSR count). The fraction of sp³-hybridized carbons (Fsp3) is 0.345. The summed E-state index contributed by atoms with van der Waals surface area (Å²) in [5.74, 6) is -0.577. The lowest BCUT2D eigenvalue weighted by Crippen LogP contribution is -2.52. The molecule has 0 aromatic heterocycles. The number of aryl methyl sites for hydroxylation is 1. The molecule has 0 fully saturated rings.